The number of nitrogens with one attached hydrogen (secondary N) is 1. The minimum absolute atomic E-state index is 0.143. The molecule has 0 spiro atoms. The van der Waals surface area contributed by atoms with Gasteiger partial charge in [0.15, 0.2) is 6.61 Å². The number of hydrazone groups is 1. The largest absolute Gasteiger partial charge is 0.497 e. The van der Waals surface area contributed by atoms with E-state index in [9.17, 15) is 4.79 Å². The quantitative estimate of drug-likeness (QED) is 0.408. The first kappa shape index (κ1) is 19.3. The van der Waals surface area contributed by atoms with Crippen molar-refractivity contribution in [3.8, 4) is 29.6 Å². The van der Waals surface area contributed by atoms with E-state index in [0.717, 1.165) is 4.47 Å². The van der Waals surface area contributed by atoms with Gasteiger partial charge >= 0.3 is 0 Å². The van der Waals surface area contributed by atoms with Crippen LogP contribution in [0, 0.1) is 12.3 Å². The Labute approximate surface area is 160 Å². The van der Waals surface area contributed by atoms with Crippen molar-refractivity contribution in [1.29, 1.82) is 0 Å². The molecule has 2 aromatic carbocycles. The SMILES string of the molecule is C#CCOc1ccc(Br)cc1/C=N\NC(=O)COc1ccc(OC)cc1. The number of ether oxygens (including phenoxy) is 3. The zero-order chi connectivity index (χ0) is 18.8. The van der Waals surface area contributed by atoms with Gasteiger partial charge in [0, 0.05) is 10.0 Å². The summed E-state index contributed by atoms with van der Waals surface area (Å²) in [7, 11) is 1.58. The highest BCUT2D eigenvalue weighted by Gasteiger charge is 2.04. The van der Waals surface area contributed by atoms with E-state index >= 15 is 0 Å². The van der Waals surface area contributed by atoms with E-state index in [-0.39, 0.29) is 13.2 Å². The number of halogens is 1. The molecule has 1 amide bonds. The molecular weight excluding hydrogens is 400 g/mol. The summed E-state index contributed by atoms with van der Waals surface area (Å²) in [6.07, 6.45) is 6.67. The molecule has 0 saturated carbocycles. The Morgan fingerprint density at radius 3 is 2.65 bits per heavy atom. The second-order valence-corrected chi connectivity index (χ2v) is 5.85. The summed E-state index contributed by atoms with van der Waals surface area (Å²) < 4.78 is 16.7. The molecule has 0 aliphatic heterocycles. The number of methoxy groups -OCH3 is 1. The molecule has 0 bridgehead atoms. The van der Waals surface area contributed by atoms with Crippen molar-refractivity contribution < 1.29 is 19.0 Å². The lowest BCUT2D eigenvalue weighted by molar-refractivity contribution is -0.123. The summed E-state index contributed by atoms with van der Waals surface area (Å²) in [5.74, 6) is 3.85. The Balaban J connectivity index is 1.88. The number of benzene rings is 2. The molecule has 2 rings (SSSR count). The van der Waals surface area contributed by atoms with E-state index in [1.165, 1.54) is 6.21 Å². The smallest absolute Gasteiger partial charge is 0.277 e. The number of carbonyl (C=O) groups excluding carboxylic acids is 1. The maximum Gasteiger partial charge on any atom is 0.277 e. The summed E-state index contributed by atoms with van der Waals surface area (Å²) in [6.45, 7) is -0.0207. The third-order valence-corrected chi connectivity index (χ3v) is 3.60. The highest BCUT2D eigenvalue weighted by molar-refractivity contribution is 9.10. The molecule has 0 saturated heterocycles. The molecule has 6 nitrogen and oxygen atoms in total. The number of rotatable bonds is 8. The van der Waals surface area contributed by atoms with Crippen molar-refractivity contribution in [3.63, 3.8) is 0 Å². The first-order chi connectivity index (χ1) is 12.6. The van der Waals surface area contributed by atoms with Gasteiger partial charge in [-0.2, -0.15) is 5.10 Å². The highest BCUT2D eigenvalue weighted by atomic mass is 79.9. The van der Waals surface area contributed by atoms with Gasteiger partial charge in [0.05, 0.1) is 13.3 Å². The van der Waals surface area contributed by atoms with Crippen LogP contribution in [0.15, 0.2) is 52.0 Å². The number of amides is 1. The molecule has 0 atom stereocenters. The van der Waals surface area contributed by atoms with Crippen molar-refractivity contribution in [2.75, 3.05) is 20.3 Å². The summed E-state index contributed by atoms with van der Waals surface area (Å²) in [6, 6.07) is 12.3. The second kappa shape index (κ2) is 10.1. The number of nitrogens with zero attached hydrogens (tertiary/aromatic N) is 1. The lowest BCUT2D eigenvalue weighted by Crippen LogP contribution is -2.24. The minimum atomic E-state index is -0.391. The molecule has 2 aromatic rings. The minimum Gasteiger partial charge on any atom is -0.497 e. The Hall–Kier alpha value is -2.98. The molecule has 0 aliphatic carbocycles. The highest BCUT2D eigenvalue weighted by Crippen LogP contribution is 2.21. The van der Waals surface area contributed by atoms with Gasteiger partial charge in [0.2, 0.25) is 0 Å². The second-order valence-electron chi connectivity index (χ2n) is 4.93. The van der Waals surface area contributed by atoms with E-state index < -0.39 is 5.91 Å². The van der Waals surface area contributed by atoms with E-state index in [4.69, 9.17) is 20.6 Å². The van der Waals surface area contributed by atoms with Gasteiger partial charge in [-0.1, -0.05) is 21.9 Å². The van der Waals surface area contributed by atoms with Crippen molar-refractivity contribution in [1.82, 2.24) is 5.43 Å². The van der Waals surface area contributed by atoms with Crippen LogP contribution in [0.5, 0.6) is 17.2 Å². The van der Waals surface area contributed by atoms with Crippen LogP contribution in [0.4, 0.5) is 0 Å². The fourth-order valence-corrected chi connectivity index (χ4v) is 2.28. The van der Waals surface area contributed by atoms with Gasteiger partial charge in [0.1, 0.15) is 23.9 Å². The molecular formula is C19H17BrN2O4. The third-order valence-electron chi connectivity index (χ3n) is 3.11. The average Bonchev–Trinajstić information content (AvgIpc) is 2.66. The van der Waals surface area contributed by atoms with Crippen LogP contribution in [0.3, 0.4) is 0 Å². The van der Waals surface area contributed by atoms with Gasteiger partial charge in [-0.25, -0.2) is 5.43 Å². The van der Waals surface area contributed by atoms with Crippen LogP contribution in [-0.4, -0.2) is 32.4 Å². The molecule has 0 radical (unpaired) electrons. The molecule has 1 N–H and O–H groups in total. The van der Waals surface area contributed by atoms with E-state index in [0.29, 0.717) is 22.8 Å². The maximum atomic E-state index is 11.8. The van der Waals surface area contributed by atoms with Crippen LogP contribution in [0.25, 0.3) is 0 Å². The zero-order valence-corrected chi connectivity index (χ0v) is 15.7. The first-order valence-corrected chi connectivity index (χ1v) is 8.36. The van der Waals surface area contributed by atoms with E-state index in [1.807, 2.05) is 6.07 Å². The number of hydrogen-bond donors (Lipinski definition) is 1. The van der Waals surface area contributed by atoms with Crippen molar-refractivity contribution in [2.24, 2.45) is 5.10 Å². The van der Waals surface area contributed by atoms with Gasteiger partial charge in [-0.05, 0) is 42.5 Å². The third kappa shape index (κ3) is 6.15. The van der Waals surface area contributed by atoms with Crippen molar-refractivity contribution in [3.05, 3.63) is 52.5 Å². The van der Waals surface area contributed by atoms with E-state index in [2.05, 4.69) is 32.4 Å². The fourth-order valence-electron chi connectivity index (χ4n) is 1.90. The molecule has 26 heavy (non-hydrogen) atoms. The van der Waals surface area contributed by atoms with Crippen LogP contribution < -0.4 is 19.6 Å². The summed E-state index contributed by atoms with van der Waals surface area (Å²) >= 11 is 3.37. The number of terminal acetylenes is 1. The Morgan fingerprint density at radius 1 is 1.23 bits per heavy atom. The van der Waals surface area contributed by atoms with Crippen LogP contribution in [0.2, 0.25) is 0 Å². The molecule has 0 heterocycles. The lowest BCUT2D eigenvalue weighted by atomic mass is 10.2. The Kier molecular flexibility index (Phi) is 7.52. The maximum absolute atomic E-state index is 11.8. The average molecular weight is 417 g/mol. The van der Waals surface area contributed by atoms with Crippen molar-refractivity contribution in [2.45, 2.75) is 0 Å². The number of carbonyl (C=O) groups is 1. The molecule has 0 aliphatic rings. The Bertz CT molecular complexity index is 813. The predicted molar refractivity (Wildman–Crippen MR) is 103 cm³/mol. The predicted octanol–water partition coefficient (Wildman–Crippen LogP) is 3.00. The van der Waals surface area contributed by atoms with Crippen molar-refractivity contribution >= 4 is 28.1 Å². The standard InChI is InChI=1S/C19H17BrN2O4/c1-3-10-25-18-9-4-15(20)11-14(18)12-21-22-19(23)13-26-17-7-5-16(24-2)6-8-17/h1,4-9,11-12H,10,13H2,2H3,(H,22,23)/b21-12-. The van der Waals surface area contributed by atoms with Gasteiger partial charge < -0.3 is 14.2 Å². The molecule has 0 aromatic heterocycles. The molecule has 0 unspecified atom stereocenters. The monoisotopic (exact) mass is 416 g/mol. The molecule has 0 fully saturated rings. The van der Waals surface area contributed by atoms with Crippen LogP contribution in [0.1, 0.15) is 5.56 Å². The lowest BCUT2D eigenvalue weighted by Gasteiger charge is -2.07. The normalized spacial score (nSPS) is 10.2. The zero-order valence-electron chi connectivity index (χ0n) is 14.1. The van der Waals surface area contributed by atoms with Gasteiger partial charge in [-0.3, -0.25) is 4.79 Å². The van der Waals surface area contributed by atoms with E-state index in [1.54, 1.807) is 43.5 Å². The summed E-state index contributed by atoms with van der Waals surface area (Å²) in [4.78, 5) is 11.8. The summed E-state index contributed by atoms with van der Waals surface area (Å²) in [5.41, 5.74) is 3.07. The van der Waals surface area contributed by atoms with Gasteiger partial charge in [0.25, 0.3) is 5.91 Å². The van der Waals surface area contributed by atoms with Gasteiger partial charge in [-0.15, -0.1) is 6.42 Å². The van der Waals surface area contributed by atoms with Crippen LogP contribution >= 0.6 is 15.9 Å². The topological polar surface area (TPSA) is 69.2 Å². The summed E-state index contributed by atoms with van der Waals surface area (Å²) in [5, 5.41) is 3.91. The molecule has 7 heteroatoms. The Morgan fingerprint density at radius 2 is 1.96 bits per heavy atom. The number of hydrogen-bond acceptors (Lipinski definition) is 5. The first-order valence-electron chi connectivity index (χ1n) is 7.57. The fraction of sp³-hybridized carbons (Fsp3) is 0.158. The van der Waals surface area contributed by atoms with Crippen LogP contribution in [-0.2, 0) is 4.79 Å². The molecule has 134 valence electrons.